The number of nitrogens with one attached hydrogen (secondary N) is 1. The maximum absolute atomic E-state index is 13.7. The van der Waals surface area contributed by atoms with Crippen LogP contribution >= 0.6 is 0 Å². The molecule has 0 aliphatic heterocycles. The molecule has 0 heterocycles. The standard InChI is InChI=1S/C14H19F2NO3/c1-9(8-18)4-3-7-17-11-6-5-10(14(19)20-2)12(15)13(11)16/h5-6,9,17-18H,3-4,7-8H2,1-2H3. The zero-order chi connectivity index (χ0) is 15.1. The molecule has 0 aromatic heterocycles. The van der Waals surface area contributed by atoms with Crippen molar-refractivity contribution in [3.05, 3.63) is 29.3 Å². The Morgan fingerprint density at radius 2 is 2.10 bits per heavy atom. The number of rotatable bonds is 7. The molecule has 0 bridgehead atoms. The van der Waals surface area contributed by atoms with Gasteiger partial charge in [-0.25, -0.2) is 13.6 Å². The Morgan fingerprint density at radius 1 is 1.40 bits per heavy atom. The first-order valence-corrected chi connectivity index (χ1v) is 6.42. The van der Waals surface area contributed by atoms with Gasteiger partial charge in [-0.2, -0.15) is 0 Å². The second kappa shape index (κ2) is 7.79. The van der Waals surface area contributed by atoms with Crippen molar-refractivity contribution in [1.82, 2.24) is 0 Å². The molecule has 2 N–H and O–H groups in total. The van der Waals surface area contributed by atoms with E-state index in [9.17, 15) is 13.6 Å². The van der Waals surface area contributed by atoms with Crippen LogP contribution in [0.15, 0.2) is 12.1 Å². The first kappa shape index (κ1) is 16.4. The van der Waals surface area contributed by atoms with Gasteiger partial charge in [0.05, 0.1) is 18.4 Å². The van der Waals surface area contributed by atoms with Crippen LogP contribution in [0.4, 0.5) is 14.5 Å². The molecule has 0 aliphatic carbocycles. The molecule has 0 saturated heterocycles. The van der Waals surface area contributed by atoms with E-state index in [1.807, 2.05) is 6.92 Å². The highest BCUT2D eigenvalue weighted by molar-refractivity contribution is 5.90. The number of aliphatic hydroxyl groups is 1. The summed E-state index contributed by atoms with van der Waals surface area (Å²) in [5, 5.41) is 11.6. The maximum Gasteiger partial charge on any atom is 0.340 e. The number of methoxy groups -OCH3 is 1. The molecule has 20 heavy (non-hydrogen) atoms. The summed E-state index contributed by atoms with van der Waals surface area (Å²) in [6.45, 7) is 2.47. The Kier molecular flexibility index (Phi) is 6.38. The van der Waals surface area contributed by atoms with Crippen molar-refractivity contribution in [3.63, 3.8) is 0 Å². The van der Waals surface area contributed by atoms with Gasteiger partial charge in [0, 0.05) is 13.2 Å². The van der Waals surface area contributed by atoms with Crippen LogP contribution in [0.5, 0.6) is 0 Å². The smallest absolute Gasteiger partial charge is 0.340 e. The number of hydrogen-bond acceptors (Lipinski definition) is 4. The predicted octanol–water partition coefficient (Wildman–Crippen LogP) is 2.57. The minimum absolute atomic E-state index is 0.00630. The van der Waals surface area contributed by atoms with Crippen LogP contribution in [0.2, 0.25) is 0 Å². The summed E-state index contributed by atoms with van der Waals surface area (Å²) in [5.74, 6) is -3.04. The number of esters is 1. The first-order chi connectivity index (χ1) is 9.51. The van der Waals surface area contributed by atoms with E-state index in [0.29, 0.717) is 6.54 Å². The van der Waals surface area contributed by atoms with E-state index in [0.717, 1.165) is 20.0 Å². The van der Waals surface area contributed by atoms with Crippen LogP contribution in [-0.4, -0.2) is 31.3 Å². The fourth-order valence-electron chi connectivity index (χ4n) is 1.72. The molecule has 1 unspecified atom stereocenters. The van der Waals surface area contributed by atoms with E-state index in [4.69, 9.17) is 5.11 Å². The van der Waals surface area contributed by atoms with Crippen molar-refractivity contribution in [2.45, 2.75) is 19.8 Å². The third-order valence-corrected chi connectivity index (χ3v) is 2.99. The maximum atomic E-state index is 13.7. The summed E-state index contributed by atoms with van der Waals surface area (Å²) in [6.07, 6.45) is 1.51. The van der Waals surface area contributed by atoms with E-state index in [1.165, 1.54) is 12.1 Å². The molecule has 1 aromatic carbocycles. The molecular formula is C14H19F2NO3. The van der Waals surface area contributed by atoms with Crippen molar-refractivity contribution in [2.75, 3.05) is 25.6 Å². The summed E-state index contributed by atoms with van der Waals surface area (Å²) in [7, 11) is 1.11. The Labute approximate surface area is 116 Å². The average Bonchev–Trinajstić information content (AvgIpc) is 2.46. The van der Waals surface area contributed by atoms with Gasteiger partial charge >= 0.3 is 5.97 Å². The van der Waals surface area contributed by atoms with Gasteiger partial charge in [0.2, 0.25) is 0 Å². The van der Waals surface area contributed by atoms with Gasteiger partial charge in [-0.3, -0.25) is 0 Å². The van der Waals surface area contributed by atoms with E-state index in [-0.39, 0.29) is 18.2 Å². The van der Waals surface area contributed by atoms with Gasteiger partial charge in [-0.1, -0.05) is 6.92 Å². The van der Waals surface area contributed by atoms with E-state index in [2.05, 4.69) is 10.1 Å². The largest absolute Gasteiger partial charge is 0.465 e. The zero-order valence-electron chi connectivity index (χ0n) is 11.6. The molecule has 1 atom stereocenters. The summed E-state index contributed by atoms with van der Waals surface area (Å²) >= 11 is 0. The summed E-state index contributed by atoms with van der Waals surface area (Å²) in [5.41, 5.74) is -0.420. The van der Waals surface area contributed by atoms with E-state index in [1.54, 1.807) is 0 Å². The summed E-state index contributed by atoms with van der Waals surface area (Å²) < 4.78 is 31.7. The van der Waals surface area contributed by atoms with E-state index < -0.39 is 23.2 Å². The van der Waals surface area contributed by atoms with Crippen molar-refractivity contribution in [1.29, 1.82) is 0 Å². The lowest BCUT2D eigenvalue weighted by Crippen LogP contribution is -2.11. The van der Waals surface area contributed by atoms with E-state index >= 15 is 0 Å². The highest BCUT2D eigenvalue weighted by Gasteiger charge is 2.18. The zero-order valence-corrected chi connectivity index (χ0v) is 11.6. The Morgan fingerprint density at radius 3 is 2.70 bits per heavy atom. The van der Waals surface area contributed by atoms with Crippen LogP contribution < -0.4 is 5.32 Å². The number of benzene rings is 1. The molecular weight excluding hydrogens is 268 g/mol. The monoisotopic (exact) mass is 287 g/mol. The SMILES string of the molecule is COC(=O)c1ccc(NCCCC(C)CO)c(F)c1F. The molecule has 1 rings (SSSR count). The molecule has 6 heteroatoms. The number of anilines is 1. The van der Waals surface area contributed by atoms with Gasteiger partial charge in [0.25, 0.3) is 0 Å². The van der Waals surface area contributed by atoms with Crippen LogP contribution in [-0.2, 0) is 4.74 Å². The van der Waals surface area contributed by atoms with Gasteiger partial charge in [-0.05, 0) is 30.9 Å². The van der Waals surface area contributed by atoms with Crippen molar-refractivity contribution in [3.8, 4) is 0 Å². The Hall–Kier alpha value is -1.69. The molecule has 0 aliphatic rings. The van der Waals surface area contributed by atoms with Gasteiger partial charge < -0.3 is 15.2 Å². The Balaban J connectivity index is 2.64. The number of carbonyl (C=O) groups is 1. The number of halogens is 2. The third-order valence-electron chi connectivity index (χ3n) is 2.99. The molecule has 0 saturated carbocycles. The molecule has 0 radical (unpaired) electrons. The lowest BCUT2D eigenvalue weighted by molar-refractivity contribution is 0.0594. The van der Waals surface area contributed by atoms with Crippen molar-refractivity contribution >= 4 is 11.7 Å². The minimum atomic E-state index is -1.22. The van der Waals surface area contributed by atoms with Crippen LogP contribution in [0, 0.1) is 17.6 Å². The van der Waals surface area contributed by atoms with Crippen LogP contribution in [0.3, 0.4) is 0 Å². The topological polar surface area (TPSA) is 58.6 Å². The quantitative estimate of drug-likeness (QED) is 0.598. The van der Waals surface area contributed by atoms with Crippen LogP contribution in [0.25, 0.3) is 0 Å². The van der Waals surface area contributed by atoms with Crippen molar-refractivity contribution in [2.24, 2.45) is 5.92 Å². The van der Waals surface area contributed by atoms with Gasteiger partial charge in [-0.15, -0.1) is 0 Å². The average molecular weight is 287 g/mol. The molecule has 0 spiro atoms. The lowest BCUT2D eigenvalue weighted by atomic mass is 10.1. The van der Waals surface area contributed by atoms with Gasteiger partial charge in [0.15, 0.2) is 11.6 Å². The third kappa shape index (κ3) is 4.16. The predicted molar refractivity (Wildman–Crippen MR) is 71.7 cm³/mol. The molecule has 0 fully saturated rings. The number of hydrogen-bond donors (Lipinski definition) is 2. The molecule has 1 aromatic rings. The minimum Gasteiger partial charge on any atom is -0.465 e. The normalized spacial score (nSPS) is 12.1. The second-order valence-corrected chi connectivity index (χ2v) is 4.64. The highest BCUT2D eigenvalue weighted by Crippen LogP contribution is 2.21. The fourth-order valence-corrected chi connectivity index (χ4v) is 1.72. The number of aliphatic hydroxyl groups excluding tert-OH is 1. The second-order valence-electron chi connectivity index (χ2n) is 4.64. The number of carbonyl (C=O) groups excluding carboxylic acids is 1. The Bertz CT molecular complexity index is 466. The van der Waals surface area contributed by atoms with Crippen molar-refractivity contribution < 1.29 is 23.4 Å². The molecule has 0 amide bonds. The molecule has 112 valence electrons. The number of ether oxygens (including phenoxy) is 1. The summed E-state index contributed by atoms with van der Waals surface area (Å²) in [4.78, 5) is 11.2. The van der Waals surface area contributed by atoms with Crippen LogP contribution in [0.1, 0.15) is 30.1 Å². The lowest BCUT2D eigenvalue weighted by Gasteiger charge is -2.11. The summed E-state index contributed by atoms with van der Waals surface area (Å²) in [6, 6.07) is 2.49. The fraction of sp³-hybridized carbons (Fsp3) is 0.500. The molecule has 4 nitrogen and oxygen atoms in total. The first-order valence-electron chi connectivity index (χ1n) is 6.42. The van der Waals surface area contributed by atoms with Gasteiger partial charge in [0.1, 0.15) is 0 Å². The highest BCUT2D eigenvalue weighted by atomic mass is 19.2.